The lowest BCUT2D eigenvalue weighted by Crippen LogP contribution is -2.02. The van der Waals surface area contributed by atoms with Crippen LogP contribution in [-0.4, -0.2) is 27.5 Å². The van der Waals surface area contributed by atoms with Crippen molar-refractivity contribution in [3.8, 4) is 28.3 Å². The molecule has 6 rings (SSSR count). The number of furan rings is 1. The SMILES string of the molecule is COc1ccc(-c2cc3nc(-c4c(C(=O)c5ccc(Cl)cc5)oc5ccc(F)cc45)ccn3n2)cc1. The molecule has 0 aliphatic rings. The number of methoxy groups -OCH3 is 1. The Morgan fingerprint density at radius 3 is 2.50 bits per heavy atom. The van der Waals surface area contributed by atoms with Gasteiger partial charge in [-0.3, -0.25) is 4.79 Å². The summed E-state index contributed by atoms with van der Waals surface area (Å²) in [6, 6.07) is 21.8. The summed E-state index contributed by atoms with van der Waals surface area (Å²) in [6.07, 6.45) is 1.75. The molecule has 8 heteroatoms. The van der Waals surface area contributed by atoms with E-state index >= 15 is 0 Å². The topological polar surface area (TPSA) is 69.6 Å². The number of aromatic nitrogens is 3. The van der Waals surface area contributed by atoms with E-state index in [1.54, 1.807) is 48.2 Å². The number of carbonyl (C=O) groups is 1. The second-order valence-corrected chi connectivity index (χ2v) is 8.59. The van der Waals surface area contributed by atoms with Gasteiger partial charge in [0.25, 0.3) is 0 Å². The molecule has 6 nitrogen and oxygen atoms in total. The van der Waals surface area contributed by atoms with Crippen LogP contribution in [0, 0.1) is 5.82 Å². The normalized spacial score (nSPS) is 11.3. The molecule has 6 aromatic rings. The second kappa shape index (κ2) is 8.62. The molecule has 0 aliphatic carbocycles. The van der Waals surface area contributed by atoms with Crippen LogP contribution in [0.4, 0.5) is 4.39 Å². The van der Waals surface area contributed by atoms with Crippen molar-refractivity contribution in [2.24, 2.45) is 0 Å². The van der Waals surface area contributed by atoms with Crippen LogP contribution in [0.15, 0.2) is 89.5 Å². The highest BCUT2D eigenvalue weighted by atomic mass is 35.5. The summed E-state index contributed by atoms with van der Waals surface area (Å²) >= 11 is 5.99. The minimum Gasteiger partial charge on any atom is -0.497 e. The average molecular weight is 498 g/mol. The molecule has 0 bridgehead atoms. The van der Waals surface area contributed by atoms with Gasteiger partial charge in [0.2, 0.25) is 5.78 Å². The number of fused-ring (bicyclic) bond motifs is 2. The van der Waals surface area contributed by atoms with Gasteiger partial charge in [-0.25, -0.2) is 13.9 Å². The number of carbonyl (C=O) groups excluding carboxylic acids is 1. The van der Waals surface area contributed by atoms with Crippen LogP contribution in [0.2, 0.25) is 5.02 Å². The fourth-order valence-electron chi connectivity index (χ4n) is 4.14. The Kier molecular flexibility index (Phi) is 5.27. The molecule has 0 aliphatic heterocycles. The molecule has 3 heterocycles. The van der Waals surface area contributed by atoms with Crippen LogP contribution < -0.4 is 4.74 Å². The number of benzene rings is 3. The third kappa shape index (κ3) is 3.79. The molecule has 0 unspecified atom stereocenters. The zero-order chi connectivity index (χ0) is 24.8. The van der Waals surface area contributed by atoms with Gasteiger partial charge in [0.1, 0.15) is 17.1 Å². The minimum absolute atomic E-state index is 0.0738. The van der Waals surface area contributed by atoms with Crippen molar-refractivity contribution in [2.45, 2.75) is 0 Å². The number of nitrogens with zero attached hydrogens (tertiary/aromatic N) is 3. The first-order chi connectivity index (χ1) is 17.5. The van der Waals surface area contributed by atoms with E-state index in [-0.39, 0.29) is 11.5 Å². The highest BCUT2D eigenvalue weighted by Crippen LogP contribution is 2.36. The van der Waals surface area contributed by atoms with Crippen LogP contribution >= 0.6 is 11.6 Å². The first-order valence-electron chi connectivity index (χ1n) is 11.0. The van der Waals surface area contributed by atoms with Crippen molar-refractivity contribution in [2.75, 3.05) is 7.11 Å². The molecule has 0 atom stereocenters. The molecule has 0 spiro atoms. The molecular weight excluding hydrogens is 481 g/mol. The van der Waals surface area contributed by atoms with Gasteiger partial charge in [-0.1, -0.05) is 11.6 Å². The number of halogens is 2. The number of rotatable bonds is 5. The van der Waals surface area contributed by atoms with E-state index < -0.39 is 5.82 Å². The molecule has 0 saturated heterocycles. The van der Waals surface area contributed by atoms with Gasteiger partial charge in [0.15, 0.2) is 11.4 Å². The third-order valence-corrected chi connectivity index (χ3v) is 6.18. The highest BCUT2D eigenvalue weighted by molar-refractivity contribution is 6.30. The van der Waals surface area contributed by atoms with Gasteiger partial charge >= 0.3 is 0 Å². The fourth-order valence-corrected chi connectivity index (χ4v) is 4.26. The van der Waals surface area contributed by atoms with E-state index in [1.807, 2.05) is 30.3 Å². The zero-order valence-corrected chi connectivity index (χ0v) is 19.7. The largest absolute Gasteiger partial charge is 0.497 e. The fraction of sp³-hybridized carbons (Fsp3) is 0.0357. The monoisotopic (exact) mass is 497 g/mol. The van der Waals surface area contributed by atoms with Gasteiger partial charge in [-0.15, -0.1) is 0 Å². The predicted octanol–water partition coefficient (Wildman–Crippen LogP) is 6.84. The lowest BCUT2D eigenvalue weighted by Gasteiger charge is -2.04. The second-order valence-electron chi connectivity index (χ2n) is 8.16. The van der Waals surface area contributed by atoms with E-state index in [0.717, 1.165) is 17.0 Å². The number of hydrogen-bond donors (Lipinski definition) is 0. The first kappa shape index (κ1) is 22.0. The summed E-state index contributed by atoms with van der Waals surface area (Å²) in [4.78, 5) is 18.2. The maximum atomic E-state index is 14.2. The van der Waals surface area contributed by atoms with Gasteiger partial charge in [0.05, 0.1) is 24.1 Å². The molecule has 0 saturated carbocycles. The molecule has 0 radical (unpaired) electrons. The molecule has 3 aromatic carbocycles. The Balaban J connectivity index is 1.50. The summed E-state index contributed by atoms with van der Waals surface area (Å²) in [5.74, 6) is 0.0270. The lowest BCUT2D eigenvalue weighted by atomic mass is 10.0. The maximum Gasteiger partial charge on any atom is 0.228 e. The van der Waals surface area contributed by atoms with E-state index in [0.29, 0.717) is 38.5 Å². The van der Waals surface area contributed by atoms with Crippen molar-refractivity contribution in [1.82, 2.24) is 14.6 Å². The standard InChI is InChI=1S/C28H17ClFN3O3/c1-35-20-9-4-16(5-10-20)23-15-25-31-22(12-13-33(25)32-23)26-21-14-19(30)8-11-24(21)36-28(26)27(34)17-2-6-18(29)7-3-17/h2-15H,1H3. The Morgan fingerprint density at radius 2 is 1.75 bits per heavy atom. The molecule has 0 amide bonds. The van der Waals surface area contributed by atoms with E-state index in [9.17, 15) is 9.18 Å². The Labute approximate surface area is 209 Å². The van der Waals surface area contributed by atoms with Gasteiger partial charge in [-0.05, 0) is 72.8 Å². The summed E-state index contributed by atoms with van der Waals surface area (Å²) in [5, 5.41) is 5.57. The first-order valence-corrected chi connectivity index (χ1v) is 11.4. The number of ether oxygens (including phenoxy) is 1. The average Bonchev–Trinajstić information content (AvgIpc) is 3.49. The summed E-state index contributed by atoms with van der Waals surface area (Å²) in [7, 11) is 1.61. The van der Waals surface area contributed by atoms with Crippen LogP contribution in [0.5, 0.6) is 5.75 Å². The minimum atomic E-state index is -0.442. The zero-order valence-electron chi connectivity index (χ0n) is 18.9. The van der Waals surface area contributed by atoms with Crippen molar-refractivity contribution in [1.29, 1.82) is 0 Å². The van der Waals surface area contributed by atoms with Gasteiger partial charge in [-0.2, -0.15) is 5.10 Å². The Morgan fingerprint density at radius 1 is 0.972 bits per heavy atom. The van der Waals surface area contributed by atoms with E-state index in [4.69, 9.17) is 25.7 Å². The van der Waals surface area contributed by atoms with Gasteiger partial charge < -0.3 is 9.15 Å². The van der Waals surface area contributed by atoms with Crippen molar-refractivity contribution < 1.29 is 18.3 Å². The van der Waals surface area contributed by atoms with Crippen molar-refractivity contribution >= 4 is 34.0 Å². The Hall–Kier alpha value is -4.49. The lowest BCUT2D eigenvalue weighted by molar-refractivity contribution is 0.101. The predicted molar refractivity (Wildman–Crippen MR) is 135 cm³/mol. The molecule has 0 N–H and O–H groups in total. The summed E-state index contributed by atoms with van der Waals surface area (Å²) < 4.78 is 27.0. The van der Waals surface area contributed by atoms with Crippen LogP contribution in [-0.2, 0) is 0 Å². The molecular formula is C28H17ClFN3O3. The Bertz CT molecular complexity index is 1760. The molecule has 0 fully saturated rings. The smallest absolute Gasteiger partial charge is 0.228 e. The van der Waals surface area contributed by atoms with Gasteiger partial charge in [0, 0.05) is 33.8 Å². The number of hydrogen-bond acceptors (Lipinski definition) is 5. The molecule has 176 valence electrons. The third-order valence-electron chi connectivity index (χ3n) is 5.93. The summed E-state index contributed by atoms with van der Waals surface area (Å²) in [6.45, 7) is 0. The molecule has 36 heavy (non-hydrogen) atoms. The van der Waals surface area contributed by atoms with E-state index in [1.165, 1.54) is 18.2 Å². The van der Waals surface area contributed by atoms with Crippen molar-refractivity contribution in [3.05, 3.63) is 107 Å². The quantitative estimate of drug-likeness (QED) is 0.244. The highest BCUT2D eigenvalue weighted by Gasteiger charge is 2.25. The number of ketones is 1. The summed E-state index contributed by atoms with van der Waals surface area (Å²) in [5.41, 5.74) is 3.85. The van der Waals surface area contributed by atoms with Crippen molar-refractivity contribution in [3.63, 3.8) is 0 Å². The van der Waals surface area contributed by atoms with Crippen LogP contribution in [0.1, 0.15) is 16.1 Å². The van der Waals surface area contributed by atoms with E-state index in [2.05, 4.69) is 5.10 Å². The molecule has 3 aromatic heterocycles. The van der Waals surface area contributed by atoms with Crippen LogP contribution in [0.25, 0.3) is 39.1 Å². The maximum absolute atomic E-state index is 14.2. The van der Waals surface area contributed by atoms with Crippen LogP contribution in [0.3, 0.4) is 0 Å².